The van der Waals surface area contributed by atoms with E-state index in [1.165, 1.54) is 11.8 Å². The lowest BCUT2D eigenvalue weighted by Crippen LogP contribution is -2.36. The second-order valence-corrected chi connectivity index (χ2v) is 6.02. The number of nitrogens with zero attached hydrogens (tertiary/aromatic N) is 1. The van der Waals surface area contributed by atoms with Gasteiger partial charge in [-0.15, -0.1) is 0 Å². The molecule has 2 amide bonds. The Morgan fingerprint density at radius 2 is 1.88 bits per heavy atom. The minimum atomic E-state index is -0.0785. The summed E-state index contributed by atoms with van der Waals surface area (Å²) in [5.41, 5.74) is 1.76. The Balaban J connectivity index is 1.79. The first-order valence-corrected chi connectivity index (χ1v) is 8.75. The number of hydrogen-bond donors (Lipinski definition) is 1. The van der Waals surface area contributed by atoms with E-state index in [9.17, 15) is 9.59 Å². The topological polar surface area (TPSA) is 62.6 Å². The average molecular weight is 342 g/mol. The summed E-state index contributed by atoms with van der Waals surface area (Å²) in [6.07, 6.45) is 3.47. The summed E-state index contributed by atoms with van der Waals surface area (Å²) in [7, 11) is 0. The Kier molecular flexibility index (Phi) is 7.26. The Labute approximate surface area is 149 Å². The third-order valence-corrected chi connectivity index (χ3v) is 4.06. The predicted molar refractivity (Wildman–Crippen MR) is 97.4 cm³/mol. The van der Waals surface area contributed by atoms with Crippen LogP contribution in [0.2, 0.25) is 0 Å². The van der Waals surface area contributed by atoms with E-state index in [0.717, 1.165) is 12.8 Å². The minimum absolute atomic E-state index is 0.0336. The first kappa shape index (κ1) is 18.8. The van der Waals surface area contributed by atoms with Gasteiger partial charge in [0.15, 0.2) is 0 Å². The van der Waals surface area contributed by atoms with Crippen LogP contribution >= 0.6 is 0 Å². The van der Waals surface area contributed by atoms with Crippen LogP contribution in [0.4, 0.5) is 0 Å². The van der Waals surface area contributed by atoms with Crippen LogP contribution in [0, 0.1) is 6.92 Å². The van der Waals surface area contributed by atoms with Gasteiger partial charge in [0.25, 0.3) is 5.91 Å². The fraction of sp³-hybridized carbons (Fsp3) is 0.400. The zero-order valence-corrected chi connectivity index (χ0v) is 15.0. The Morgan fingerprint density at radius 1 is 1.12 bits per heavy atom. The van der Waals surface area contributed by atoms with Gasteiger partial charge in [0, 0.05) is 26.1 Å². The lowest BCUT2D eigenvalue weighted by atomic mass is 10.1. The quantitative estimate of drug-likeness (QED) is 0.761. The molecule has 0 saturated carbocycles. The maximum Gasteiger partial charge on any atom is 0.257 e. The number of hydrogen-bond acceptors (Lipinski definition) is 3. The van der Waals surface area contributed by atoms with Gasteiger partial charge in [-0.1, -0.05) is 37.3 Å². The predicted octanol–water partition coefficient (Wildman–Crippen LogP) is 3.19. The second-order valence-electron chi connectivity index (χ2n) is 6.02. The molecule has 0 radical (unpaired) electrons. The molecule has 1 aromatic heterocycles. The number of furan rings is 1. The van der Waals surface area contributed by atoms with E-state index < -0.39 is 0 Å². The molecule has 0 bridgehead atoms. The van der Waals surface area contributed by atoms with Crippen LogP contribution < -0.4 is 5.32 Å². The van der Waals surface area contributed by atoms with Gasteiger partial charge >= 0.3 is 0 Å². The summed E-state index contributed by atoms with van der Waals surface area (Å²) < 4.78 is 5.21. The largest absolute Gasteiger partial charge is 0.469 e. The van der Waals surface area contributed by atoms with Gasteiger partial charge in [0.2, 0.25) is 5.91 Å². The van der Waals surface area contributed by atoms with Crippen LogP contribution in [0.5, 0.6) is 0 Å². The van der Waals surface area contributed by atoms with Gasteiger partial charge in [0.05, 0.1) is 11.8 Å². The molecule has 1 heterocycles. The lowest BCUT2D eigenvalue weighted by molar-refractivity contribution is -0.121. The van der Waals surface area contributed by atoms with E-state index in [1.807, 2.05) is 37.3 Å². The normalized spacial score (nSPS) is 10.5. The summed E-state index contributed by atoms with van der Waals surface area (Å²) in [5.74, 6) is 0.498. The molecule has 0 unspecified atom stereocenters. The summed E-state index contributed by atoms with van der Waals surface area (Å²) in [4.78, 5) is 26.3. The van der Waals surface area contributed by atoms with E-state index in [1.54, 1.807) is 17.9 Å². The van der Waals surface area contributed by atoms with Crippen LogP contribution in [0.1, 0.15) is 41.4 Å². The minimum Gasteiger partial charge on any atom is -0.469 e. The maximum atomic E-state index is 12.6. The molecule has 0 aliphatic carbocycles. The molecule has 134 valence electrons. The van der Waals surface area contributed by atoms with E-state index in [-0.39, 0.29) is 11.8 Å². The van der Waals surface area contributed by atoms with Crippen molar-refractivity contribution in [3.8, 4) is 0 Å². The Morgan fingerprint density at radius 3 is 2.52 bits per heavy atom. The standard InChI is InChI=1S/C20H26N2O3/c1-3-13-22(20(24)18-11-15-25-16(18)2)14-10-19(23)21-12-9-17-7-5-4-6-8-17/h4-8,11,15H,3,9-10,12-14H2,1-2H3,(H,21,23). The smallest absolute Gasteiger partial charge is 0.257 e. The van der Waals surface area contributed by atoms with Crippen molar-refractivity contribution in [2.45, 2.75) is 33.1 Å². The highest BCUT2D eigenvalue weighted by atomic mass is 16.3. The molecule has 0 atom stereocenters. The third-order valence-electron chi connectivity index (χ3n) is 4.06. The molecule has 25 heavy (non-hydrogen) atoms. The lowest BCUT2D eigenvalue weighted by Gasteiger charge is -2.21. The van der Waals surface area contributed by atoms with E-state index in [2.05, 4.69) is 5.32 Å². The number of carbonyl (C=O) groups excluding carboxylic acids is 2. The van der Waals surface area contributed by atoms with Crippen molar-refractivity contribution in [3.05, 3.63) is 59.5 Å². The molecule has 1 aromatic carbocycles. The average Bonchev–Trinajstić information content (AvgIpc) is 3.05. The van der Waals surface area contributed by atoms with Gasteiger partial charge < -0.3 is 14.6 Å². The van der Waals surface area contributed by atoms with Gasteiger partial charge in [0.1, 0.15) is 5.76 Å². The highest BCUT2D eigenvalue weighted by Gasteiger charge is 2.19. The van der Waals surface area contributed by atoms with E-state index in [4.69, 9.17) is 4.42 Å². The summed E-state index contributed by atoms with van der Waals surface area (Å²) in [6, 6.07) is 11.7. The van der Waals surface area contributed by atoms with Crippen molar-refractivity contribution in [2.24, 2.45) is 0 Å². The highest BCUT2D eigenvalue weighted by molar-refractivity contribution is 5.95. The molecule has 2 rings (SSSR count). The molecular weight excluding hydrogens is 316 g/mol. The first-order valence-electron chi connectivity index (χ1n) is 8.75. The van der Waals surface area contributed by atoms with E-state index in [0.29, 0.717) is 37.4 Å². The van der Waals surface area contributed by atoms with Gasteiger partial charge in [-0.2, -0.15) is 0 Å². The van der Waals surface area contributed by atoms with Crippen LogP contribution in [0.15, 0.2) is 47.1 Å². The van der Waals surface area contributed by atoms with Gasteiger partial charge in [-0.05, 0) is 31.4 Å². The zero-order valence-electron chi connectivity index (χ0n) is 15.0. The molecule has 5 nitrogen and oxygen atoms in total. The van der Waals surface area contributed by atoms with Crippen LogP contribution in [-0.4, -0.2) is 36.3 Å². The molecule has 0 fully saturated rings. The molecule has 0 aliphatic rings. The molecule has 5 heteroatoms. The van der Waals surface area contributed by atoms with E-state index >= 15 is 0 Å². The molecule has 1 N–H and O–H groups in total. The van der Waals surface area contributed by atoms with Crippen molar-refractivity contribution in [1.29, 1.82) is 0 Å². The summed E-state index contributed by atoms with van der Waals surface area (Å²) >= 11 is 0. The van der Waals surface area contributed by atoms with Crippen LogP contribution in [0.25, 0.3) is 0 Å². The molecule has 2 aromatic rings. The van der Waals surface area contributed by atoms with Crippen molar-refractivity contribution in [1.82, 2.24) is 10.2 Å². The number of benzene rings is 1. The molecule has 0 saturated heterocycles. The van der Waals surface area contributed by atoms with Crippen molar-refractivity contribution in [2.75, 3.05) is 19.6 Å². The van der Waals surface area contributed by atoms with Crippen molar-refractivity contribution < 1.29 is 14.0 Å². The number of aryl methyl sites for hydroxylation is 1. The molecular formula is C20H26N2O3. The highest BCUT2D eigenvalue weighted by Crippen LogP contribution is 2.12. The fourth-order valence-corrected chi connectivity index (χ4v) is 2.68. The van der Waals surface area contributed by atoms with Crippen molar-refractivity contribution >= 4 is 11.8 Å². The molecule has 0 spiro atoms. The van der Waals surface area contributed by atoms with Crippen LogP contribution in [0.3, 0.4) is 0 Å². The Hall–Kier alpha value is -2.56. The van der Waals surface area contributed by atoms with Crippen molar-refractivity contribution in [3.63, 3.8) is 0 Å². The second kappa shape index (κ2) is 9.67. The monoisotopic (exact) mass is 342 g/mol. The number of amides is 2. The molecule has 0 aliphatic heterocycles. The fourth-order valence-electron chi connectivity index (χ4n) is 2.68. The van der Waals surface area contributed by atoms with Gasteiger partial charge in [-0.3, -0.25) is 9.59 Å². The maximum absolute atomic E-state index is 12.6. The summed E-state index contributed by atoms with van der Waals surface area (Å²) in [6.45, 7) is 5.43. The number of rotatable bonds is 9. The number of nitrogens with one attached hydrogen (secondary N) is 1. The third kappa shape index (κ3) is 5.78. The Bertz CT molecular complexity index is 679. The summed E-state index contributed by atoms with van der Waals surface area (Å²) in [5, 5.41) is 2.92. The zero-order chi connectivity index (χ0) is 18.1. The first-order chi connectivity index (χ1) is 12.1. The SMILES string of the molecule is CCCN(CCC(=O)NCCc1ccccc1)C(=O)c1ccoc1C. The number of carbonyl (C=O) groups is 2. The van der Waals surface area contributed by atoms with Crippen LogP contribution in [-0.2, 0) is 11.2 Å². The van der Waals surface area contributed by atoms with Gasteiger partial charge in [-0.25, -0.2) is 0 Å².